The number of imide groups is 1. The maximum absolute atomic E-state index is 13.2. The van der Waals surface area contributed by atoms with Crippen LogP contribution in [0, 0.1) is 11.6 Å². The molecule has 0 saturated carbocycles. The lowest BCUT2D eigenvalue weighted by molar-refractivity contribution is -0.127. The molecule has 1 fully saturated rings. The molecule has 0 aliphatic carbocycles. The van der Waals surface area contributed by atoms with Crippen LogP contribution in [0.4, 0.5) is 19.3 Å². The molecule has 3 aromatic rings. The number of nitrogens with zero attached hydrogens (tertiary/aromatic N) is 1. The van der Waals surface area contributed by atoms with E-state index in [4.69, 9.17) is 0 Å². The number of nitrogens with one attached hydrogen (secondary N) is 3. The minimum atomic E-state index is -1.07. The molecular weight excluding hydrogens is 406 g/mol. The first-order valence-electron chi connectivity index (χ1n) is 9.84. The Morgan fingerprint density at radius 2 is 1.90 bits per heavy atom. The van der Waals surface area contributed by atoms with Crippen LogP contribution in [0.1, 0.15) is 18.4 Å². The van der Waals surface area contributed by atoms with Crippen molar-refractivity contribution in [2.45, 2.75) is 25.3 Å². The van der Waals surface area contributed by atoms with Crippen LogP contribution in [0.25, 0.3) is 10.9 Å². The van der Waals surface area contributed by atoms with E-state index in [1.807, 2.05) is 30.5 Å². The Balaban J connectivity index is 1.30. The van der Waals surface area contributed by atoms with Crippen molar-refractivity contribution >= 4 is 34.4 Å². The normalized spacial score (nSPS) is 16.1. The standard InChI is InChI=1S/C22H20F2N4O3/c23-16-6-5-14(11-17(16)24)26-20(29)8-7-19-21(30)28(22(31)27-19)10-9-13-12-25-18-4-2-1-3-15(13)18/h1-6,11-12,19,25H,7-10H2,(H,26,29)(H,27,31)/t19-/m0/s1. The maximum atomic E-state index is 13.2. The lowest BCUT2D eigenvalue weighted by Gasteiger charge is -2.12. The number of urea groups is 1. The van der Waals surface area contributed by atoms with Crippen molar-refractivity contribution in [2.75, 3.05) is 11.9 Å². The number of benzene rings is 2. The molecule has 0 spiro atoms. The van der Waals surface area contributed by atoms with E-state index in [2.05, 4.69) is 15.6 Å². The molecule has 3 N–H and O–H groups in total. The molecule has 0 bridgehead atoms. The second kappa shape index (κ2) is 8.55. The molecule has 1 aliphatic rings. The van der Waals surface area contributed by atoms with Crippen LogP contribution in [0.5, 0.6) is 0 Å². The van der Waals surface area contributed by atoms with E-state index < -0.39 is 29.6 Å². The van der Waals surface area contributed by atoms with Gasteiger partial charge in [0.1, 0.15) is 6.04 Å². The number of carbonyl (C=O) groups excluding carboxylic acids is 3. The van der Waals surface area contributed by atoms with Crippen molar-refractivity contribution in [3.63, 3.8) is 0 Å². The number of H-pyrrole nitrogens is 1. The van der Waals surface area contributed by atoms with Crippen molar-refractivity contribution in [3.05, 3.63) is 65.9 Å². The van der Waals surface area contributed by atoms with Crippen LogP contribution in [-0.4, -0.2) is 40.3 Å². The lowest BCUT2D eigenvalue weighted by atomic mass is 10.1. The van der Waals surface area contributed by atoms with Gasteiger partial charge >= 0.3 is 6.03 Å². The summed E-state index contributed by atoms with van der Waals surface area (Å²) in [4.78, 5) is 41.2. The fraction of sp³-hybridized carbons (Fsp3) is 0.227. The average molecular weight is 426 g/mol. The third-order valence-corrected chi connectivity index (χ3v) is 5.25. The first-order valence-corrected chi connectivity index (χ1v) is 9.84. The molecular formula is C22H20F2N4O3. The first-order chi connectivity index (χ1) is 14.9. The van der Waals surface area contributed by atoms with Gasteiger partial charge in [-0.05, 0) is 36.6 Å². The van der Waals surface area contributed by atoms with Gasteiger partial charge in [-0.15, -0.1) is 0 Å². The third-order valence-electron chi connectivity index (χ3n) is 5.25. The largest absolute Gasteiger partial charge is 0.361 e. The molecule has 1 atom stereocenters. The smallest absolute Gasteiger partial charge is 0.324 e. The number of anilines is 1. The minimum Gasteiger partial charge on any atom is -0.361 e. The van der Waals surface area contributed by atoms with Crippen molar-refractivity contribution in [2.24, 2.45) is 0 Å². The van der Waals surface area contributed by atoms with Gasteiger partial charge in [0, 0.05) is 41.8 Å². The topological polar surface area (TPSA) is 94.3 Å². The molecule has 1 saturated heterocycles. The maximum Gasteiger partial charge on any atom is 0.324 e. The Bertz CT molecular complexity index is 1160. The van der Waals surface area contributed by atoms with Crippen molar-refractivity contribution in [3.8, 4) is 0 Å². The zero-order chi connectivity index (χ0) is 22.0. The number of hydrogen-bond donors (Lipinski definition) is 3. The predicted octanol–water partition coefficient (Wildman–Crippen LogP) is 3.33. The molecule has 7 nitrogen and oxygen atoms in total. The van der Waals surface area contributed by atoms with Gasteiger partial charge in [-0.1, -0.05) is 18.2 Å². The van der Waals surface area contributed by atoms with Gasteiger partial charge in [0.05, 0.1) is 0 Å². The zero-order valence-corrected chi connectivity index (χ0v) is 16.5. The third kappa shape index (κ3) is 4.40. The van der Waals surface area contributed by atoms with Crippen LogP contribution in [0.15, 0.2) is 48.7 Å². The van der Waals surface area contributed by atoms with Crippen molar-refractivity contribution in [1.82, 2.24) is 15.2 Å². The molecule has 2 heterocycles. The van der Waals surface area contributed by atoms with Crippen molar-refractivity contribution in [1.29, 1.82) is 0 Å². The van der Waals surface area contributed by atoms with E-state index in [1.54, 1.807) is 0 Å². The number of halogens is 2. The summed E-state index contributed by atoms with van der Waals surface area (Å²) in [6.45, 7) is 0.226. The summed E-state index contributed by atoms with van der Waals surface area (Å²) in [5, 5.41) is 6.08. The summed E-state index contributed by atoms with van der Waals surface area (Å²) in [6, 6.07) is 9.52. The molecule has 1 aromatic heterocycles. The molecule has 0 radical (unpaired) electrons. The second-order valence-corrected chi connectivity index (χ2v) is 7.32. The number of rotatable bonds is 7. The Hall–Kier alpha value is -3.75. The molecule has 9 heteroatoms. The van der Waals surface area contributed by atoms with E-state index in [-0.39, 0.29) is 31.0 Å². The van der Waals surface area contributed by atoms with E-state index in [9.17, 15) is 23.2 Å². The van der Waals surface area contributed by atoms with Crippen molar-refractivity contribution < 1.29 is 23.2 Å². The van der Waals surface area contributed by atoms with Crippen LogP contribution in [-0.2, 0) is 16.0 Å². The summed E-state index contributed by atoms with van der Waals surface area (Å²) >= 11 is 0. The minimum absolute atomic E-state index is 0.0635. The summed E-state index contributed by atoms with van der Waals surface area (Å²) in [5.74, 6) is -2.93. The number of aromatic nitrogens is 1. The van der Waals surface area contributed by atoms with Gasteiger partial charge in [0.25, 0.3) is 5.91 Å². The highest BCUT2D eigenvalue weighted by Gasteiger charge is 2.37. The van der Waals surface area contributed by atoms with Gasteiger partial charge in [0.2, 0.25) is 5.91 Å². The van der Waals surface area contributed by atoms with Gasteiger partial charge in [-0.3, -0.25) is 14.5 Å². The highest BCUT2D eigenvalue weighted by atomic mass is 19.2. The zero-order valence-electron chi connectivity index (χ0n) is 16.5. The molecule has 2 aromatic carbocycles. The summed E-state index contributed by atoms with van der Waals surface area (Å²) in [6.07, 6.45) is 2.41. The van der Waals surface area contributed by atoms with Crippen LogP contribution in [0.3, 0.4) is 0 Å². The Labute approximate surface area is 176 Å². The van der Waals surface area contributed by atoms with E-state index in [0.29, 0.717) is 6.42 Å². The van der Waals surface area contributed by atoms with Gasteiger partial charge in [-0.2, -0.15) is 0 Å². The van der Waals surface area contributed by atoms with Crippen LogP contribution in [0.2, 0.25) is 0 Å². The molecule has 0 unspecified atom stereocenters. The highest BCUT2D eigenvalue weighted by Crippen LogP contribution is 2.20. The number of amides is 4. The SMILES string of the molecule is O=C(CC[C@@H]1NC(=O)N(CCc2c[nH]c3ccccc23)C1=O)Nc1ccc(F)c(F)c1. The summed E-state index contributed by atoms with van der Waals surface area (Å²) < 4.78 is 26.2. The quantitative estimate of drug-likeness (QED) is 0.506. The number of carbonyl (C=O) groups is 3. The average Bonchev–Trinajstić information content (AvgIpc) is 3.28. The molecule has 160 valence electrons. The fourth-order valence-corrected chi connectivity index (χ4v) is 3.63. The molecule has 1 aliphatic heterocycles. The Morgan fingerprint density at radius 1 is 1.10 bits per heavy atom. The highest BCUT2D eigenvalue weighted by molar-refractivity contribution is 6.04. The molecule has 31 heavy (non-hydrogen) atoms. The lowest BCUT2D eigenvalue weighted by Crippen LogP contribution is -2.33. The molecule has 4 amide bonds. The first kappa shape index (κ1) is 20.5. The fourth-order valence-electron chi connectivity index (χ4n) is 3.63. The number of fused-ring (bicyclic) bond motifs is 1. The monoisotopic (exact) mass is 426 g/mol. The van der Waals surface area contributed by atoms with Gasteiger partial charge in [0.15, 0.2) is 11.6 Å². The van der Waals surface area contributed by atoms with Gasteiger partial charge < -0.3 is 15.6 Å². The Morgan fingerprint density at radius 3 is 2.71 bits per heavy atom. The van der Waals surface area contributed by atoms with Crippen LogP contribution < -0.4 is 10.6 Å². The second-order valence-electron chi connectivity index (χ2n) is 7.32. The number of para-hydroxylation sites is 1. The predicted molar refractivity (Wildman–Crippen MR) is 110 cm³/mol. The van der Waals surface area contributed by atoms with Gasteiger partial charge in [-0.25, -0.2) is 13.6 Å². The van der Waals surface area contributed by atoms with E-state index in [1.165, 1.54) is 6.07 Å². The van der Waals surface area contributed by atoms with Crippen LogP contribution >= 0.6 is 0 Å². The van der Waals surface area contributed by atoms with E-state index in [0.717, 1.165) is 33.5 Å². The summed E-state index contributed by atoms with van der Waals surface area (Å²) in [5.41, 5.74) is 2.11. The Kier molecular flexibility index (Phi) is 5.66. The number of hydrogen-bond acceptors (Lipinski definition) is 3. The summed E-state index contributed by atoms with van der Waals surface area (Å²) in [7, 11) is 0. The molecule has 4 rings (SSSR count). The van der Waals surface area contributed by atoms with E-state index >= 15 is 0 Å². The number of aromatic amines is 1.